The highest BCUT2D eigenvalue weighted by molar-refractivity contribution is 8.00. The lowest BCUT2D eigenvalue weighted by Crippen LogP contribution is -2.36. The second-order valence-corrected chi connectivity index (χ2v) is 8.28. The number of amides is 1. The van der Waals surface area contributed by atoms with Crippen LogP contribution in [0.3, 0.4) is 0 Å². The van der Waals surface area contributed by atoms with Crippen LogP contribution >= 0.6 is 23.1 Å². The van der Waals surface area contributed by atoms with Gasteiger partial charge < -0.3 is 9.42 Å². The zero-order valence-electron chi connectivity index (χ0n) is 15.0. The van der Waals surface area contributed by atoms with Crippen molar-refractivity contribution in [3.8, 4) is 10.7 Å². The summed E-state index contributed by atoms with van der Waals surface area (Å²) in [6.07, 6.45) is 0. The molecule has 3 aromatic rings. The lowest BCUT2D eigenvalue weighted by molar-refractivity contribution is -0.131. The van der Waals surface area contributed by atoms with Gasteiger partial charge in [-0.25, -0.2) is 0 Å². The highest BCUT2D eigenvalue weighted by Gasteiger charge is 2.22. The van der Waals surface area contributed by atoms with Gasteiger partial charge in [-0.05, 0) is 44.4 Å². The molecule has 0 radical (unpaired) electrons. The molecule has 2 aromatic heterocycles. The Morgan fingerprint density at radius 1 is 1.31 bits per heavy atom. The van der Waals surface area contributed by atoms with Crippen molar-refractivity contribution in [2.75, 3.05) is 6.54 Å². The molecule has 7 heteroatoms. The highest BCUT2D eigenvalue weighted by Crippen LogP contribution is 2.26. The van der Waals surface area contributed by atoms with Crippen LogP contribution in [-0.4, -0.2) is 32.7 Å². The number of benzene rings is 1. The number of thioether (sulfide) groups is 1. The van der Waals surface area contributed by atoms with E-state index in [4.69, 9.17) is 4.52 Å². The molecule has 0 aliphatic heterocycles. The summed E-state index contributed by atoms with van der Waals surface area (Å²) in [5.41, 5.74) is 1.21. The predicted molar refractivity (Wildman–Crippen MR) is 105 cm³/mol. The van der Waals surface area contributed by atoms with E-state index < -0.39 is 0 Å². The van der Waals surface area contributed by atoms with Gasteiger partial charge in [0.15, 0.2) is 0 Å². The summed E-state index contributed by atoms with van der Waals surface area (Å²) in [5, 5.41) is 5.79. The number of carbonyl (C=O) groups excluding carboxylic acids is 1. The van der Waals surface area contributed by atoms with Gasteiger partial charge in [0.05, 0.1) is 10.1 Å². The van der Waals surface area contributed by atoms with Gasteiger partial charge in [-0.2, -0.15) is 4.98 Å². The summed E-state index contributed by atoms with van der Waals surface area (Å²) in [6, 6.07) is 12.1. The van der Waals surface area contributed by atoms with E-state index in [9.17, 15) is 4.79 Å². The fraction of sp³-hybridized carbons (Fsp3) is 0.316. The van der Waals surface area contributed by atoms with Crippen LogP contribution in [0.5, 0.6) is 0 Å². The Hall–Kier alpha value is -2.12. The minimum atomic E-state index is -0.183. The molecule has 3 rings (SSSR count). The van der Waals surface area contributed by atoms with Crippen LogP contribution in [-0.2, 0) is 11.3 Å². The van der Waals surface area contributed by atoms with Gasteiger partial charge in [-0.1, -0.05) is 28.9 Å². The fourth-order valence-corrected chi connectivity index (χ4v) is 4.06. The molecular weight excluding hydrogens is 366 g/mol. The Kier molecular flexibility index (Phi) is 6.11. The number of hydrogen-bond donors (Lipinski definition) is 0. The summed E-state index contributed by atoms with van der Waals surface area (Å²) in [5.74, 6) is 1.09. The van der Waals surface area contributed by atoms with Gasteiger partial charge in [0.25, 0.3) is 0 Å². The molecule has 26 heavy (non-hydrogen) atoms. The molecule has 0 saturated carbocycles. The monoisotopic (exact) mass is 387 g/mol. The first-order valence-electron chi connectivity index (χ1n) is 8.45. The smallest absolute Gasteiger partial charge is 0.246 e. The van der Waals surface area contributed by atoms with Gasteiger partial charge >= 0.3 is 0 Å². The number of hydrogen-bond acceptors (Lipinski definition) is 6. The van der Waals surface area contributed by atoms with E-state index in [1.807, 2.05) is 43.5 Å². The quantitative estimate of drug-likeness (QED) is 0.553. The van der Waals surface area contributed by atoms with Gasteiger partial charge in [0.1, 0.15) is 6.54 Å². The maximum atomic E-state index is 12.8. The Balaban J connectivity index is 1.64. The molecule has 1 atom stereocenters. The zero-order chi connectivity index (χ0) is 18.5. The first-order chi connectivity index (χ1) is 12.6. The molecule has 2 heterocycles. The van der Waals surface area contributed by atoms with Crippen LogP contribution in [0.1, 0.15) is 25.3 Å². The number of aryl methyl sites for hydroxylation is 1. The largest absolute Gasteiger partial charge is 0.337 e. The Bertz CT molecular complexity index is 844. The number of aromatic nitrogens is 2. The molecule has 1 amide bonds. The van der Waals surface area contributed by atoms with Crippen LogP contribution in [0, 0.1) is 6.92 Å². The van der Waals surface area contributed by atoms with E-state index in [-0.39, 0.29) is 11.2 Å². The van der Waals surface area contributed by atoms with Gasteiger partial charge in [-0.15, -0.1) is 23.1 Å². The van der Waals surface area contributed by atoms with Gasteiger partial charge in [-0.3, -0.25) is 4.79 Å². The minimum Gasteiger partial charge on any atom is -0.337 e. The Labute approximate surface area is 161 Å². The van der Waals surface area contributed by atoms with Crippen LogP contribution < -0.4 is 0 Å². The van der Waals surface area contributed by atoms with E-state index >= 15 is 0 Å². The number of thiophene rings is 1. The fourth-order valence-electron chi connectivity index (χ4n) is 2.46. The average molecular weight is 388 g/mol. The second-order valence-electron chi connectivity index (χ2n) is 5.91. The molecule has 1 aromatic carbocycles. The van der Waals surface area contributed by atoms with E-state index in [0.29, 0.717) is 24.8 Å². The maximum Gasteiger partial charge on any atom is 0.246 e. The molecule has 0 saturated heterocycles. The van der Waals surface area contributed by atoms with Crippen molar-refractivity contribution in [3.63, 3.8) is 0 Å². The van der Waals surface area contributed by atoms with E-state index in [2.05, 4.69) is 29.2 Å². The first kappa shape index (κ1) is 18.7. The van der Waals surface area contributed by atoms with Crippen molar-refractivity contribution in [1.29, 1.82) is 0 Å². The normalized spacial score (nSPS) is 12.1. The summed E-state index contributed by atoms with van der Waals surface area (Å²) >= 11 is 3.12. The minimum absolute atomic E-state index is 0.0638. The third kappa shape index (κ3) is 4.53. The van der Waals surface area contributed by atoms with Crippen molar-refractivity contribution < 1.29 is 9.32 Å². The van der Waals surface area contributed by atoms with Crippen molar-refractivity contribution in [2.24, 2.45) is 0 Å². The second kappa shape index (κ2) is 8.51. The summed E-state index contributed by atoms with van der Waals surface area (Å²) in [7, 11) is 0. The number of rotatable bonds is 7. The molecule has 0 aliphatic rings. The van der Waals surface area contributed by atoms with Gasteiger partial charge in [0.2, 0.25) is 17.6 Å². The van der Waals surface area contributed by atoms with Crippen LogP contribution in [0.25, 0.3) is 10.7 Å². The van der Waals surface area contributed by atoms with Crippen molar-refractivity contribution in [1.82, 2.24) is 15.0 Å². The van der Waals surface area contributed by atoms with Crippen molar-refractivity contribution in [2.45, 2.75) is 37.5 Å². The van der Waals surface area contributed by atoms with Crippen molar-refractivity contribution >= 4 is 29.0 Å². The molecule has 0 unspecified atom stereocenters. The highest BCUT2D eigenvalue weighted by atomic mass is 32.2. The first-order valence-corrected chi connectivity index (χ1v) is 10.2. The van der Waals surface area contributed by atoms with E-state index in [1.54, 1.807) is 28.0 Å². The Morgan fingerprint density at radius 2 is 2.08 bits per heavy atom. The van der Waals surface area contributed by atoms with Crippen LogP contribution in [0.15, 0.2) is 51.2 Å². The summed E-state index contributed by atoms with van der Waals surface area (Å²) in [4.78, 5) is 21.0. The number of carbonyl (C=O) groups is 1. The summed E-state index contributed by atoms with van der Waals surface area (Å²) in [6.45, 7) is 6.86. The molecule has 0 spiro atoms. The molecule has 0 aliphatic carbocycles. The lowest BCUT2D eigenvalue weighted by Gasteiger charge is -2.22. The zero-order valence-corrected chi connectivity index (χ0v) is 16.6. The third-order valence-electron chi connectivity index (χ3n) is 3.91. The average Bonchev–Trinajstić information content (AvgIpc) is 3.32. The predicted octanol–water partition coefficient (Wildman–Crippen LogP) is 4.64. The maximum absolute atomic E-state index is 12.8. The van der Waals surface area contributed by atoms with Gasteiger partial charge in [0, 0.05) is 11.4 Å². The number of nitrogens with zero attached hydrogens (tertiary/aromatic N) is 3. The van der Waals surface area contributed by atoms with Crippen LogP contribution in [0.2, 0.25) is 0 Å². The molecular formula is C19H21N3O2S2. The molecule has 0 bridgehead atoms. The third-order valence-corrected chi connectivity index (χ3v) is 5.88. The standard InChI is InChI=1S/C19H21N3O2S2/c1-4-22(12-17-20-18(21-24-17)16-6-5-11-25-16)19(23)14(3)26-15-9-7-13(2)8-10-15/h5-11,14H,4,12H2,1-3H3/t14-/m0/s1. The SMILES string of the molecule is CCN(Cc1nc(-c2cccs2)no1)C(=O)[C@H](C)Sc1ccc(C)cc1. The lowest BCUT2D eigenvalue weighted by atomic mass is 10.2. The molecule has 136 valence electrons. The molecule has 5 nitrogen and oxygen atoms in total. The topological polar surface area (TPSA) is 59.2 Å². The van der Waals surface area contributed by atoms with Crippen LogP contribution in [0.4, 0.5) is 0 Å². The summed E-state index contributed by atoms with van der Waals surface area (Å²) < 4.78 is 5.33. The Morgan fingerprint density at radius 3 is 2.73 bits per heavy atom. The van der Waals surface area contributed by atoms with Crippen molar-refractivity contribution in [3.05, 3.63) is 53.2 Å². The van der Waals surface area contributed by atoms with E-state index in [1.165, 1.54) is 5.56 Å². The molecule has 0 fully saturated rings. The molecule has 0 N–H and O–H groups in total. The van der Waals surface area contributed by atoms with E-state index in [0.717, 1.165) is 9.77 Å².